The number of amides is 1. The van der Waals surface area contributed by atoms with E-state index in [4.69, 9.17) is 4.98 Å². The number of rotatable bonds is 7. The Bertz CT molecular complexity index is 936. The molecule has 3 rings (SSSR count). The van der Waals surface area contributed by atoms with Gasteiger partial charge in [-0.05, 0) is 42.5 Å². The predicted molar refractivity (Wildman–Crippen MR) is 117 cm³/mol. The SMILES string of the molecule is CCc1ccc2nc(N(CC[NH+](C)C)C(=O)c3ccccc3SC)sc2c1. The summed E-state index contributed by atoms with van der Waals surface area (Å²) in [7, 11) is 4.20. The number of fused-ring (bicyclic) bond motifs is 1. The molecule has 1 amide bonds. The number of anilines is 1. The van der Waals surface area contributed by atoms with Gasteiger partial charge in [-0.2, -0.15) is 0 Å². The van der Waals surface area contributed by atoms with Gasteiger partial charge in [-0.3, -0.25) is 9.69 Å². The number of carbonyl (C=O) groups is 1. The largest absolute Gasteiger partial charge is 0.338 e. The van der Waals surface area contributed by atoms with Gasteiger partial charge in [0.1, 0.15) is 0 Å². The lowest BCUT2D eigenvalue weighted by molar-refractivity contribution is -0.856. The summed E-state index contributed by atoms with van der Waals surface area (Å²) in [4.78, 5) is 22.3. The van der Waals surface area contributed by atoms with Gasteiger partial charge in [0.25, 0.3) is 5.91 Å². The minimum atomic E-state index is 0.0240. The minimum Gasteiger partial charge on any atom is -0.338 e. The number of nitrogens with zero attached hydrogens (tertiary/aromatic N) is 2. The van der Waals surface area contributed by atoms with Crippen LogP contribution in [0.15, 0.2) is 47.4 Å². The van der Waals surface area contributed by atoms with Crippen LogP contribution in [0.5, 0.6) is 0 Å². The van der Waals surface area contributed by atoms with Crippen molar-refractivity contribution in [2.45, 2.75) is 18.2 Å². The molecule has 0 bridgehead atoms. The van der Waals surface area contributed by atoms with E-state index in [1.807, 2.05) is 35.4 Å². The van der Waals surface area contributed by atoms with Crippen LogP contribution in [0.25, 0.3) is 10.2 Å². The topological polar surface area (TPSA) is 37.6 Å². The molecule has 6 heteroatoms. The Morgan fingerprint density at radius 2 is 2.00 bits per heavy atom. The molecule has 2 aromatic carbocycles. The number of thiazole rings is 1. The smallest absolute Gasteiger partial charge is 0.261 e. The first-order chi connectivity index (χ1) is 13.0. The fraction of sp³-hybridized carbons (Fsp3) is 0.333. The molecule has 0 saturated carbocycles. The van der Waals surface area contributed by atoms with Gasteiger partial charge in [-0.15, -0.1) is 11.8 Å². The number of carbonyl (C=O) groups excluding carboxylic acids is 1. The Labute approximate surface area is 169 Å². The van der Waals surface area contributed by atoms with E-state index in [1.165, 1.54) is 10.5 Å². The second-order valence-corrected chi connectivity index (χ2v) is 8.62. The maximum absolute atomic E-state index is 13.4. The van der Waals surface area contributed by atoms with Gasteiger partial charge in [-0.1, -0.05) is 36.5 Å². The molecule has 0 radical (unpaired) electrons. The average Bonchev–Trinajstić information content (AvgIpc) is 3.10. The summed E-state index contributed by atoms with van der Waals surface area (Å²) < 4.78 is 1.14. The van der Waals surface area contributed by atoms with Crippen molar-refractivity contribution >= 4 is 44.4 Å². The molecule has 0 fully saturated rings. The fourth-order valence-corrected chi connectivity index (χ4v) is 4.52. The predicted octanol–water partition coefficient (Wildman–Crippen LogP) is 3.37. The molecule has 0 saturated heterocycles. The average molecular weight is 401 g/mol. The van der Waals surface area contributed by atoms with E-state index in [2.05, 4.69) is 39.2 Å². The molecule has 0 aliphatic rings. The molecule has 3 aromatic rings. The zero-order valence-electron chi connectivity index (χ0n) is 16.3. The number of aryl methyl sites for hydroxylation is 1. The van der Waals surface area contributed by atoms with Gasteiger partial charge < -0.3 is 4.90 Å². The van der Waals surface area contributed by atoms with E-state index in [-0.39, 0.29) is 5.91 Å². The fourth-order valence-electron chi connectivity index (χ4n) is 2.88. The van der Waals surface area contributed by atoms with Crippen LogP contribution in [-0.2, 0) is 6.42 Å². The first-order valence-corrected chi connectivity index (χ1v) is 11.2. The molecule has 1 aromatic heterocycles. The van der Waals surface area contributed by atoms with Crippen molar-refractivity contribution in [3.63, 3.8) is 0 Å². The van der Waals surface area contributed by atoms with Crippen LogP contribution in [0.3, 0.4) is 0 Å². The highest BCUT2D eigenvalue weighted by molar-refractivity contribution is 7.98. The van der Waals surface area contributed by atoms with E-state index >= 15 is 0 Å². The second-order valence-electron chi connectivity index (χ2n) is 6.77. The van der Waals surface area contributed by atoms with Gasteiger partial charge in [-0.25, -0.2) is 4.98 Å². The van der Waals surface area contributed by atoms with Crippen LogP contribution < -0.4 is 9.80 Å². The van der Waals surface area contributed by atoms with Crippen molar-refractivity contribution in [1.82, 2.24) is 4.98 Å². The third kappa shape index (κ3) is 4.51. The zero-order chi connectivity index (χ0) is 19.4. The first kappa shape index (κ1) is 19.9. The van der Waals surface area contributed by atoms with Gasteiger partial charge in [0.2, 0.25) is 0 Å². The van der Waals surface area contributed by atoms with Gasteiger partial charge in [0.05, 0.1) is 43.0 Å². The Morgan fingerprint density at radius 1 is 1.22 bits per heavy atom. The zero-order valence-corrected chi connectivity index (χ0v) is 17.9. The Balaban J connectivity index is 2.01. The van der Waals surface area contributed by atoms with E-state index in [0.29, 0.717) is 6.54 Å². The van der Waals surface area contributed by atoms with Gasteiger partial charge in [0.15, 0.2) is 5.13 Å². The summed E-state index contributed by atoms with van der Waals surface area (Å²) in [5, 5.41) is 0.778. The number of hydrogen-bond donors (Lipinski definition) is 1. The van der Waals surface area contributed by atoms with E-state index in [9.17, 15) is 4.79 Å². The molecule has 0 atom stereocenters. The van der Waals surface area contributed by atoms with Crippen LogP contribution in [-0.4, -0.2) is 44.3 Å². The van der Waals surface area contributed by atoms with Crippen LogP contribution in [0.1, 0.15) is 22.8 Å². The van der Waals surface area contributed by atoms with Crippen molar-refractivity contribution in [2.24, 2.45) is 0 Å². The third-order valence-electron chi connectivity index (χ3n) is 4.50. The lowest BCUT2D eigenvalue weighted by atomic mass is 10.2. The monoisotopic (exact) mass is 400 g/mol. The maximum Gasteiger partial charge on any atom is 0.261 e. The summed E-state index contributed by atoms with van der Waals surface area (Å²) in [6.07, 6.45) is 3.00. The molecule has 4 nitrogen and oxygen atoms in total. The van der Waals surface area contributed by atoms with Crippen molar-refractivity contribution in [3.05, 3.63) is 53.6 Å². The summed E-state index contributed by atoms with van der Waals surface area (Å²) in [5.41, 5.74) is 2.99. The molecular weight excluding hydrogens is 374 g/mol. The summed E-state index contributed by atoms with van der Waals surface area (Å²) >= 11 is 3.20. The molecule has 0 aliphatic heterocycles. The highest BCUT2D eigenvalue weighted by Gasteiger charge is 2.24. The van der Waals surface area contributed by atoms with E-state index < -0.39 is 0 Å². The van der Waals surface area contributed by atoms with Crippen molar-refractivity contribution in [3.8, 4) is 0 Å². The van der Waals surface area contributed by atoms with Crippen LogP contribution >= 0.6 is 23.1 Å². The normalized spacial score (nSPS) is 11.3. The summed E-state index contributed by atoms with van der Waals surface area (Å²) in [6.45, 7) is 3.66. The van der Waals surface area contributed by atoms with E-state index in [0.717, 1.165) is 38.8 Å². The van der Waals surface area contributed by atoms with Crippen LogP contribution in [0.2, 0.25) is 0 Å². The number of nitrogens with one attached hydrogen (secondary N) is 1. The van der Waals surface area contributed by atoms with Crippen molar-refractivity contribution < 1.29 is 9.69 Å². The number of thioether (sulfide) groups is 1. The quantitative estimate of drug-likeness (QED) is 0.618. The highest BCUT2D eigenvalue weighted by atomic mass is 32.2. The number of likely N-dealkylation sites (N-methyl/N-ethyl adjacent to an activating group) is 1. The molecule has 27 heavy (non-hydrogen) atoms. The second kappa shape index (κ2) is 8.87. The molecule has 0 unspecified atom stereocenters. The van der Waals surface area contributed by atoms with Gasteiger partial charge in [0, 0.05) is 4.90 Å². The summed E-state index contributed by atoms with van der Waals surface area (Å²) in [6, 6.07) is 14.2. The lowest BCUT2D eigenvalue weighted by Crippen LogP contribution is -3.06. The Kier molecular flexibility index (Phi) is 6.52. The maximum atomic E-state index is 13.4. The highest BCUT2D eigenvalue weighted by Crippen LogP contribution is 2.31. The Morgan fingerprint density at radius 3 is 2.70 bits per heavy atom. The number of quaternary nitrogens is 1. The molecule has 0 spiro atoms. The van der Waals surface area contributed by atoms with Crippen LogP contribution in [0.4, 0.5) is 5.13 Å². The molecule has 0 aliphatic carbocycles. The standard InChI is InChI=1S/C21H25N3OS2/c1-5-15-10-11-17-19(14-15)27-21(22-17)24(13-12-23(2)3)20(25)16-8-6-7-9-18(16)26-4/h6-11,14H,5,12-13H2,1-4H3/p+1. The lowest BCUT2D eigenvalue weighted by Gasteiger charge is -2.21. The van der Waals surface area contributed by atoms with Crippen molar-refractivity contribution in [2.75, 3.05) is 38.3 Å². The number of aromatic nitrogens is 1. The van der Waals surface area contributed by atoms with Crippen molar-refractivity contribution in [1.29, 1.82) is 0 Å². The Hall–Kier alpha value is -1.89. The molecule has 1 heterocycles. The number of benzene rings is 2. The van der Waals surface area contributed by atoms with E-state index in [1.54, 1.807) is 23.1 Å². The van der Waals surface area contributed by atoms with Crippen LogP contribution in [0, 0.1) is 0 Å². The summed E-state index contributed by atoms with van der Waals surface area (Å²) in [5.74, 6) is 0.0240. The molecule has 1 N–H and O–H groups in total. The van der Waals surface area contributed by atoms with Gasteiger partial charge >= 0.3 is 0 Å². The first-order valence-electron chi connectivity index (χ1n) is 9.16. The third-order valence-corrected chi connectivity index (χ3v) is 6.34. The number of hydrogen-bond acceptors (Lipinski definition) is 4. The minimum absolute atomic E-state index is 0.0240. The molecular formula is C21H26N3OS2+. The molecule has 142 valence electrons.